The van der Waals surface area contributed by atoms with E-state index in [1.54, 1.807) is 0 Å². The van der Waals surface area contributed by atoms with E-state index < -0.39 is 0 Å². The Morgan fingerprint density at radius 1 is 0.351 bits per heavy atom. The standard InChI is InChI=1S/C88H97BN4S/c1-81(2,3)56-29-33-60(34-30-56)90(58-25-21-19-22-26-58)62-37-39-63(40-38-62)93-76-51-65(91(59-27-23-20-24-28-59)61-35-31-57(32-36-61)82(4,5)6)50-75-78(76)89(80-79(93)66-52-69-72(55-77(66)94-80)88(17,18)48-45-85(69,11)12)73-53-70-71(87(15,16)47-46-86(70,13)14)54-74(73)92(75)64-41-42-67-68(49-64)84(9,10)44-43-83(67,7)8/h19-42,49-55H,43-48H2,1-18H3. The summed E-state index contributed by atoms with van der Waals surface area (Å²) in [6.07, 6.45) is 6.91. The average molecular weight is 1250 g/mol. The second-order valence-electron chi connectivity index (χ2n) is 34.7. The lowest BCUT2D eigenvalue weighted by molar-refractivity contribution is 0.332. The van der Waals surface area contributed by atoms with Crippen LogP contribution in [0.5, 0.6) is 0 Å². The lowest BCUT2D eigenvalue weighted by Crippen LogP contribution is -2.61. The molecule has 0 unspecified atom stereocenters. The first-order valence-corrected chi connectivity index (χ1v) is 35.9. The third-order valence-corrected chi connectivity index (χ3v) is 24.5. The molecule has 6 heteroatoms. The molecule has 0 atom stereocenters. The van der Waals surface area contributed by atoms with Crippen molar-refractivity contribution in [1.82, 2.24) is 0 Å². The van der Waals surface area contributed by atoms with Crippen LogP contribution in [0.15, 0.2) is 188 Å². The fraction of sp³-hybridized carbons (Fsp3) is 0.364. The van der Waals surface area contributed by atoms with E-state index in [1.807, 2.05) is 0 Å². The van der Waals surface area contributed by atoms with Crippen LogP contribution in [0.4, 0.5) is 68.2 Å². The minimum absolute atomic E-state index is 0.00229. The molecule has 10 aromatic rings. The van der Waals surface area contributed by atoms with Crippen LogP contribution in [-0.4, -0.2) is 6.71 Å². The summed E-state index contributed by atoms with van der Waals surface area (Å²) in [6, 6.07) is 73.9. The minimum Gasteiger partial charge on any atom is -0.311 e. The lowest BCUT2D eigenvalue weighted by atomic mass is 9.35. The molecular formula is C88H97BN4S. The Bertz CT molecular complexity index is 4630. The topological polar surface area (TPSA) is 13.0 Å². The normalized spacial score (nSPS) is 18.3. The molecule has 2 aliphatic heterocycles. The van der Waals surface area contributed by atoms with Crippen molar-refractivity contribution in [3.8, 4) is 0 Å². The predicted octanol–water partition coefficient (Wildman–Crippen LogP) is 23.6. The Morgan fingerprint density at radius 2 is 0.734 bits per heavy atom. The number of anilines is 12. The maximum absolute atomic E-state index is 2.75. The molecule has 3 heterocycles. The number of rotatable bonds is 8. The van der Waals surface area contributed by atoms with Gasteiger partial charge in [-0.3, -0.25) is 0 Å². The highest BCUT2D eigenvalue weighted by Crippen LogP contribution is 2.57. The molecule has 9 aromatic carbocycles. The summed E-state index contributed by atoms with van der Waals surface area (Å²) in [4.78, 5) is 10.4. The molecule has 3 aliphatic carbocycles. The molecule has 0 radical (unpaired) electrons. The Labute approximate surface area is 567 Å². The maximum atomic E-state index is 2.75. The summed E-state index contributed by atoms with van der Waals surface area (Å²) < 4.78 is 2.79. The van der Waals surface area contributed by atoms with Gasteiger partial charge in [0.2, 0.25) is 0 Å². The number of benzene rings is 9. The molecular weight excluding hydrogens is 1160 g/mol. The molecule has 1 aromatic heterocycles. The molecule has 0 N–H and O–H groups in total. The van der Waals surface area contributed by atoms with Crippen molar-refractivity contribution < 1.29 is 0 Å². The number of fused-ring (bicyclic) bond motifs is 9. The minimum atomic E-state index is -0.0636. The summed E-state index contributed by atoms with van der Waals surface area (Å²) >= 11 is 2.06. The molecule has 0 fully saturated rings. The van der Waals surface area contributed by atoms with Gasteiger partial charge in [0.1, 0.15) is 0 Å². The van der Waals surface area contributed by atoms with Crippen LogP contribution < -0.4 is 35.3 Å². The molecule has 5 aliphatic rings. The van der Waals surface area contributed by atoms with Crippen LogP contribution in [0, 0.1) is 0 Å². The molecule has 0 amide bonds. The molecule has 15 rings (SSSR count). The molecule has 0 spiro atoms. The quantitative estimate of drug-likeness (QED) is 0.141. The zero-order valence-corrected chi connectivity index (χ0v) is 60.2. The Hall–Kier alpha value is -7.80. The predicted molar refractivity (Wildman–Crippen MR) is 408 cm³/mol. The van der Waals surface area contributed by atoms with Crippen molar-refractivity contribution in [3.63, 3.8) is 0 Å². The lowest BCUT2D eigenvalue weighted by Gasteiger charge is -2.48. The summed E-state index contributed by atoms with van der Waals surface area (Å²) in [5, 5.41) is 1.34. The summed E-state index contributed by atoms with van der Waals surface area (Å²) in [7, 11) is 0. The highest BCUT2D eigenvalue weighted by atomic mass is 32.1. The SMILES string of the molecule is CC(C)(C)c1ccc(N(c2ccccc2)c2ccc(N3c4cc(N(c5ccccc5)c5ccc(C(C)(C)C)cc5)cc5c4B(c4cc6c(cc4N5c4ccc5c(c4)C(C)(C)CCC5(C)C)C(C)(C)CCC6(C)C)c4sc5cc6c(cc5c43)C(C)(C)CCC6(C)C)cc2)cc1. The number of nitrogens with zero attached hydrogens (tertiary/aromatic N) is 4. The zero-order chi connectivity index (χ0) is 66.2. The van der Waals surface area contributed by atoms with Crippen LogP contribution in [0.3, 0.4) is 0 Å². The number of hydrogen-bond donors (Lipinski definition) is 0. The fourth-order valence-corrected chi connectivity index (χ4v) is 18.3. The van der Waals surface area contributed by atoms with E-state index in [2.05, 4.69) is 344 Å². The summed E-state index contributed by atoms with van der Waals surface area (Å²) in [5.74, 6) is 0. The zero-order valence-electron chi connectivity index (χ0n) is 59.4. The van der Waals surface area contributed by atoms with E-state index in [0.29, 0.717) is 0 Å². The van der Waals surface area contributed by atoms with Crippen molar-refractivity contribution in [2.24, 2.45) is 0 Å². The molecule has 478 valence electrons. The van der Waals surface area contributed by atoms with E-state index >= 15 is 0 Å². The van der Waals surface area contributed by atoms with Gasteiger partial charge in [-0.2, -0.15) is 0 Å². The largest absolute Gasteiger partial charge is 0.311 e. The van der Waals surface area contributed by atoms with Crippen molar-refractivity contribution in [2.75, 3.05) is 19.6 Å². The van der Waals surface area contributed by atoms with Crippen molar-refractivity contribution in [2.45, 2.75) is 206 Å². The van der Waals surface area contributed by atoms with Gasteiger partial charge in [0.25, 0.3) is 6.71 Å². The van der Waals surface area contributed by atoms with Gasteiger partial charge in [-0.1, -0.05) is 197 Å². The monoisotopic (exact) mass is 1250 g/mol. The first kappa shape index (κ1) is 62.3. The highest BCUT2D eigenvalue weighted by Gasteiger charge is 2.50. The summed E-state index contributed by atoms with van der Waals surface area (Å²) in [5.41, 5.74) is 28.6. The number of hydrogen-bond acceptors (Lipinski definition) is 5. The second kappa shape index (κ2) is 21.4. The molecule has 0 saturated carbocycles. The van der Waals surface area contributed by atoms with Gasteiger partial charge in [-0.15, -0.1) is 11.3 Å². The molecule has 94 heavy (non-hydrogen) atoms. The van der Waals surface area contributed by atoms with Crippen molar-refractivity contribution in [3.05, 3.63) is 233 Å². The highest BCUT2D eigenvalue weighted by molar-refractivity contribution is 7.33. The van der Waals surface area contributed by atoms with Gasteiger partial charge in [-0.25, -0.2) is 0 Å². The molecule has 0 saturated heterocycles. The van der Waals surface area contributed by atoms with Crippen molar-refractivity contribution >= 4 is 112 Å². The van der Waals surface area contributed by atoms with Gasteiger partial charge in [0, 0.05) is 71.7 Å². The first-order chi connectivity index (χ1) is 44.3. The maximum Gasteiger partial charge on any atom is 0.264 e. The number of para-hydroxylation sites is 2. The average Bonchev–Trinajstić information content (AvgIpc) is 1.23. The first-order valence-electron chi connectivity index (χ1n) is 35.1. The smallest absolute Gasteiger partial charge is 0.264 e. The van der Waals surface area contributed by atoms with Gasteiger partial charge >= 0.3 is 0 Å². The van der Waals surface area contributed by atoms with Crippen LogP contribution in [0.25, 0.3) is 10.1 Å². The van der Waals surface area contributed by atoms with Gasteiger partial charge in [-0.05, 0) is 253 Å². The Balaban J connectivity index is 1.07. The summed E-state index contributed by atoms with van der Waals surface area (Å²) in [6.45, 7) is 43.8. The van der Waals surface area contributed by atoms with Crippen LogP contribution in [0.2, 0.25) is 0 Å². The Morgan fingerprint density at radius 3 is 1.21 bits per heavy atom. The van der Waals surface area contributed by atoms with E-state index in [4.69, 9.17) is 0 Å². The fourth-order valence-electron chi connectivity index (χ4n) is 17.0. The van der Waals surface area contributed by atoms with Gasteiger partial charge in [0.05, 0.1) is 11.4 Å². The Kier molecular flexibility index (Phi) is 14.2. The van der Waals surface area contributed by atoms with E-state index in [0.717, 1.165) is 71.9 Å². The molecule has 4 nitrogen and oxygen atoms in total. The van der Waals surface area contributed by atoms with Crippen molar-refractivity contribution in [1.29, 1.82) is 0 Å². The third kappa shape index (κ3) is 10.1. The molecule has 0 bridgehead atoms. The van der Waals surface area contributed by atoms with Crippen LogP contribution in [-0.2, 0) is 43.3 Å². The van der Waals surface area contributed by atoms with Crippen LogP contribution in [0.1, 0.15) is 208 Å². The van der Waals surface area contributed by atoms with E-state index in [1.165, 1.54) is 105 Å². The number of thiophene rings is 1. The van der Waals surface area contributed by atoms with Crippen LogP contribution >= 0.6 is 11.3 Å². The van der Waals surface area contributed by atoms with Gasteiger partial charge < -0.3 is 19.6 Å². The third-order valence-electron chi connectivity index (χ3n) is 23.3. The van der Waals surface area contributed by atoms with E-state index in [-0.39, 0.29) is 50.0 Å². The van der Waals surface area contributed by atoms with E-state index in [9.17, 15) is 0 Å². The van der Waals surface area contributed by atoms with Gasteiger partial charge in [0.15, 0.2) is 0 Å². The second-order valence-corrected chi connectivity index (χ2v) is 35.7.